The van der Waals surface area contributed by atoms with Crippen LogP contribution in [0, 0.1) is 0 Å². The van der Waals surface area contributed by atoms with Crippen LogP contribution >= 0.6 is 0 Å². The highest BCUT2D eigenvalue weighted by Crippen LogP contribution is 2.31. The van der Waals surface area contributed by atoms with Crippen molar-refractivity contribution >= 4 is 5.69 Å². The molecule has 0 aromatic heterocycles. The molecule has 0 radical (unpaired) electrons. The third-order valence-electron chi connectivity index (χ3n) is 5.56. The standard InChI is InChI=1S/C17H25N3/c1-19-15-5-6-16(19)12-20(10-8-15)11-14-4-2-3-13-7-9-18-17(13)14/h2-4,15-16,18H,5-12H2,1H3. The van der Waals surface area contributed by atoms with E-state index in [-0.39, 0.29) is 0 Å². The molecule has 0 amide bonds. The Hall–Kier alpha value is -1.06. The summed E-state index contributed by atoms with van der Waals surface area (Å²) in [6.45, 7) is 4.73. The number of anilines is 1. The van der Waals surface area contributed by atoms with Gasteiger partial charge in [-0.2, -0.15) is 0 Å². The Bertz CT molecular complexity index is 499. The minimum absolute atomic E-state index is 0.784. The van der Waals surface area contributed by atoms with Crippen LogP contribution in [0.25, 0.3) is 0 Å². The number of fused-ring (bicyclic) bond motifs is 3. The van der Waals surface area contributed by atoms with Crippen molar-refractivity contribution in [1.29, 1.82) is 0 Å². The lowest BCUT2D eigenvalue weighted by Gasteiger charge is -2.26. The van der Waals surface area contributed by atoms with Crippen LogP contribution in [0.1, 0.15) is 30.4 Å². The summed E-state index contributed by atoms with van der Waals surface area (Å²) in [6.07, 6.45) is 5.34. The van der Waals surface area contributed by atoms with E-state index in [1.807, 2.05) is 0 Å². The van der Waals surface area contributed by atoms with Gasteiger partial charge in [0.25, 0.3) is 0 Å². The minimum Gasteiger partial charge on any atom is -0.384 e. The highest BCUT2D eigenvalue weighted by Gasteiger charge is 2.34. The molecule has 108 valence electrons. The Morgan fingerprint density at radius 2 is 2.10 bits per heavy atom. The van der Waals surface area contributed by atoms with Crippen molar-refractivity contribution in [2.75, 3.05) is 32.0 Å². The van der Waals surface area contributed by atoms with Crippen LogP contribution < -0.4 is 5.32 Å². The lowest BCUT2D eigenvalue weighted by molar-refractivity contribution is 0.215. The van der Waals surface area contributed by atoms with E-state index in [2.05, 4.69) is 40.4 Å². The SMILES string of the molecule is CN1C2CCC1CN(Cc1cccc3c1NCC3)CC2. The molecule has 1 aromatic rings. The largest absolute Gasteiger partial charge is 0.384 e. The normalized spacial score (nSPS) is 30.1. The zero-order chi connectivity index (χ0) is 13.5. The summed E-state index contributed by atoms with van der Waals surface area (Å²) < 4.78 is 0. The molecule has 1 aromatic carbocycles. The molecule has 4 rings (SSSR count). The molecule has 3 aliphatic rings. The minimum atomic E-state index is 0.784. The molecule has 2 unspecified atom stereocenters. The number of likely N-dealkylation sites (N-methyl/N-ethyl adjacent to an activating group) is 1. The van der Waals surface area contributed by atoms with Crippen LogP contribution in [0.3, 0.4) is 0 Å². The number of hydrogen-bond donors (Lipinski definition) is 1. The van der Waals surface area contributed by atoms with Gasteiger partial charge in [0.05, 0.1) is 0 Å². The number of likely N-dealkylation sites (tertiary alicyclic amines) is 1. The first kappa shape index (κ1) is 12.7. The van der Waals surface area contributed by atoms with Gasteiger partial charge >= 0.3 is 0 Å². The van der Waals surface area contributed by atoms with E-state index in [1.54, 1.807) is 0 Å². The maximum Gasteiger partial charge on any atom is 0.0419 e. The number of benzene rings is 1. The summed E-state index contributed by atoms with van der Waals surface area (Å²) in [6, 6.07) is 8.44. The van der Waals surface area contributed by atoms with Crippen molar-refractivity contribution in [2.24, 2.45) is 0 Å². The molecule has 0 saturated carbocycles. The Morgan fingerprint density at radius 1 is 1.20 bits per heavy atom. The average molecular weight is 271 g/mol. The molecule has 3 heteroatoms. The monoisotopic (exact) mass is 271 g/mol. The predicted octanol–water partition coefficient (Wildman–Crippen LogP) is 2.32. The van der Waals surface area contributed by atoms with E-state index < -0.39 is 0 Å². The zero-order valence-electron chi connectivity index (χ0n) is 12.4. The summed E-state index contributed by atoms with van der Waals surface area (Å²) >= 11 is 0. The topological polar surface area (TPSA) is 18.5 Å². The second-order valence-electron chi connectivity index (χ2n) is 6.70. The van der Waals surface area contributed by atoms with Gasteiger partial charge in [0.15, 0.2) is 0 Å². The van der Waals surface area contributed by atoms with Gasteiger partial charge < -0.3 is 5.32 Å². The molecule has 3 nitrogen and oxygen atoms in total. The summed E-state index contributed by atoms with van der Waals surface area (Å²) in [5.74, 6) is 0. The van der Waals surface area contributed by atoms with E-state index in [0.717, 1.165) is 25.2 Å². The number of nitrogens with zero attached hydrogens (tertiary/aromatic N) is 2. The molecule has 2 saturated heterocycles. The van der Waals surface area contributed by atoms with Crippen LogP contribution in [-0.4, -0.2) is 48.6 Å². The Balaban J connectivity index is 1.51. The van der Waals surface area contributed by atoms with Crippen molar-refractivity contribution in [3.63, 3.8) is 0 Å². The van der Waals surface area contributed by atoms with Gasteiger partial charge in [0.1, 0.15) is 0 Å². The fourth-order valence-corrected chi connectivity index (χ4v) is 4.31. The Morgan fingerprint density at radius 3 is 3.05 bits per heavy atom. The number of rotatable bonds is 2. The molecule has 1 N–H and O–H groups in total. The molecule has 2 bridgehead atoms. The quantitative estimate of drug-likeness (QED) is 0.890. The number of hydrogen-bond acceptors (Lipinski definition) is 3. The highest BCUT2D eigenvalue weighted by atomic mass is 15.3. The summed E-state index contributed by atoms with van der Waals surface area (Å²) in [4.78, 5) is 5.31. The van der Waals surface area contributed by atoms with Gasteiger partial charge in [-0.15, -0.1) is 0 Å². The third-order valence-corrected chi connectivity index (χ3v) is 5.56. The van der Waals surface area contributed by atoms with Crippen molar-refractivity contribution in [3.8, 4) is 0 Å². The molecule has 0 aliphatic carbocycles. The number of para-hydroxylation sites is 1. The summed E-state index contributed by atoms with van der Waals surface area (Å²) in [5.41, 5.74) is 4.44. The predicted molar refractivity (Wildman–Crippen MR) is 83.1 cm³/mol. The zero-order valence-corrected chi connectivity index (χ0v) is 12.4. The molecule has 2 atom stereocenters. The Labute approximate surface area is 121 Å². The molecule has 3 aliphatic heterocycles. The van der Waals surface area contributed by atoms with E-state index in [9.17, 15) is 0 Å². The van der Waals surface area contributed by atoms with Crippen LogP contribution in [0.5, 0.6) is 0 Å². The van der Waals surface area contributed by atoms with Gasteiger partial charge in [-0.05, 0) is 43.9 Å². The summed E-state index contributed by atoms with van der Waals surface area (Å²) in [7, 11) is 2.33. The molecular weight excluding hydrogens is 246 g/mol. The van der Waals surface area contributed by atoms with Gasteiger partial charge in [0.2, 0.25) is 0 Å². The van der Waals surface area contributed by atoms with Crippen molar-refractivity contribution < 1.29 is 0 Å². The van der Waals surface area contributed by atoms with Gasteiger partial charge in [0, 0.05) is 44.0 Å². The van der Waals surface area contributed by atoms with Crippen molar-refractivity contribution in [2.45, 2.75) is 44.3 Å². The second kappa shape index (κ2) is 5.05. The maximum absolute atomic E-state index is 3.58. The van der Waals surface area contributed by atoms with Gasteiger partial charge in [-0.25, -0.2) is 0 Å². The highest BCUT2D eigenvalue weighted by molar-refractivity contribution is 5.61. The van der Waals surface area contributed by atoms with E-state index in [1.165, 1.54) is 55.6 Å². The van der Waals surface area contributed by atoms with E-state index >= 15 is 0 Å². The van der Waals surface area contributed by atoms with Gasteiger partial charge in [-0.1, -0.05) is 18.2 Å². The third kappa shape index (κ3) is 2.13. The lowest BCUT2D eigenvalue weighted by Crippen LogP contribution is -2.36. The van der Waals surface area contributed by atoms with Crippen LogP contribution in [0.2, 0.25) is 0 Å². The first-order chi connectivity index (χ1) is 9.81. The second-order valence-corrected chi connectivity index (χ2v) is 6.70. The molecule has 20 heavy (non-hydrogen) atoms. The smallest absolute Gasteiger partial charge is 0.0419 e. The Kier molecular flexibility index (Phi) is 3.20. The van der Waals surface area contributed by atoms with Crippen LogP contribution in [0.4, 0.5) is 5.69 Å². The number of nitrogens with one attached hydrogen (secondary N) is 1. The summed E-state index contributed by atoms with van der Waals surface area (Å²) in [5, 5.41) is 3.58. The maximum atomic E-state index is 3.58. The fraction of sp³-hybridized carbons (Fsp3) is 0.647. The first-order valence-corrected chi connectivity index (χ1v) is 8.10. The van der Waals surface area contributed by atoms with Gasteiger partial charge in [-0.3, -0.25) is 9.80 Å². The lowest BCUT2D eigenvalue weighted by atomic mass is 10.1. The van der Waals surface area contributed by atoms with Crippen molar-refractivity contribution in [3.05, 3.63) is 29.3 Å². The van der Waals surface area contributed by atoms with E-state index in [4.69, 9.17) is 0 Å². The van der Waals surface area contributed by atoms with Crippen LogP contribution in [-0.2, 0) is 13.0 Å². The molecular formula is C17H25N3. The fourth-order valence-electron chi connectivity index (χ4n) is 4.31. The first-order valence-electron chi connectivity index (χ1n) is 8.10. The van der Waals surface area contributed by atoms with Crippen LogP contribution in [0.15, 0.2) is 18.2 Å². The van der Waals surface area contributed by atoms with E-state index in [0.29, 0.717) is 0 Å². The molecule has 0 spiro atoms. The molecule has 2 fully saturated rings. The molecule has 3 heterocycles. The van der Waals surface area contributed by atoms with Crippen molar-refractivity contribution in [1.82, 2.24) is 9.80 Å². The average Bonchev–Trinajstić information content (AvgIpc) is 2.99.